The number of hydrogen-bond donors (Lipinski definition) is 0. The molecule has 3 aromatic rings. The second kappa shape index (κ2) is 7.87. The maximum absolute atomic E-state index is 12.8. The van der Waals surface area contributed by atoms with E-state index in [1.54, 1.807) is 45.6 Å². The van der Waals surface area contributed by atoms with E-state index in [0.29, 0.717) is 28.4 Å². The van der Waals surface area contributed by atoms with Gasteiger partial charge in [-0.15, -0.1) is 0 Å². The number of carbonyl (C=O) groups excluding carboxylic acids is 1. The third-order valence-corrected chi connectivity index (χ3v) is 5.10. The lowest BCUT2D eigenvalue weighted by molar-refractivity contribution is 0.102. The number of ketones is 1. The van der Waals surface area contributed by atoms with Crippen LogP contribution in [0.4, 0.5) is 0 Å². The molecule has 0 unspecified atom stereocenters. The largest absolute Gasteiger partial charge is 0.496 e. The normalized spacial score (nSPS) is 14.4. The van der Waals surface area contributed by atoms with Crippen LogP contribution in [-0.2, 0) is 0 Å². The van der Waals surface area contributed by atoms with Crippen LogP contribution in [0.25, 0.3) is 23.1 Å². The molecule has 4 rings (SSSR count). The molecule has 0 N–H and O–H groups in total. The van der Waals surface area contributed by atoms with E-state index in [2.05, 4.69) is 0 Å². The van der Waals surface area contributed by atoms with Crippen molar-refractivity contribution in [3.8, 4) is 23.0 Å². The minimum atomic E-state index is -0.382. The average Bonchev–Trinajstić information content (AvgIpc) is 3.20. The van der Waals surface area contributed by atoms with E-state index in [-0.39, 0.29) is 17.1 Å². The Morgan fingerprint density at radius 2 is 1.68 bits per heavy atom. The van der Waals surface area contributed by atoms with Gasteiger partial charge in [-0.1, -0.05) is 0 Å². The van der Waals surface area contributed by atoms with Crippen LogP contribution in [0.1, 0.15) is 35.5 Å². The fraction of sp³-hybridized carbons (Fsp3) is 0.240. The first kappa shape index (κ1) is 20.6. The summed E-state index contributed by atoms with van der Waals surface area (Å²) in [4.78, 5) is 12.8. The third-order valence-electron chi connectivity index (χ3n) is 5.10. The minimum Gasteiger partial charge on any atom is -0.496 e. The zero-order valence-corrected chi connectivity index (χ0v) is 18.1. The number of carbonyl (C=O) groups is 1. The fourth-order valence-corrected chi connectivity index (χ4v) is 3.51. The summed E-state index contributed by atoms with van der Waals surface area (Å²) < 4.78 is 27.9. The van der Waals surface area contributed by atoms with Gasteiger partial charge in [0, 0.05) is 17.0 Å². The van der Waals surface area contributed by atoms with Crippen LogP contribution in [0.2, 0.25) is 0 Å². The van der Waals surface area contributed by atoms with Gasteiger partial charge in [-0.05, 0) is 62.4 Å². The summed E-state index contributed by atoms with van der Waals surface area (Å²) in [6.07, 6.45) is 7.06. The molecular weight excluding hydrogens is 396 g/mol. The Labute approximate surface area is 180 Å². The summed E-state index contributed by atoms with van der Waals surface area (Å²) >= 11 is 0. The topological polar surface area (TPSA) is 67.1 Å². The number of allylic oxidation sites excluding steroid dienone is 1. The summed E-state index contributed by atoms with van der Waals surface area (Å²) in [7, 11) is 4.66. The molecule has 0 saturated heterocycles. The van der Waals surface area contributed by atoms with Gasteiger partial charge in [-0.25, -0.2) is 0 Å². The maximum Gasteiger partial charge on any atom is 0.221 e. The molecule has 0 spiro atoms. The van der Waals surface area contributed by atoms with Crippen LogP contribution >= 0.6 is 0 Å². The van der Waals surface area contributed by atoms with Gasteiger partial charge in [0.25, 0.3) is 0 Å². The van der Waals surface area contributed by atoms with Gasteiger partial charge in [0.1, 0.15) is 22.7 Å². The Kier molecular flexibility index (Phi) is 5.23. The molecule has 1 aliphatic heterocycles. The molecule has 1 aromatic heterocycles. The van der Waals surface area contributed by atoms with Crippen LogP contribution in [0.5, 0.6) is 23.0 Å². The van der Waals surface area contributed by atoms with Crippen LogP contribution in [0.15, 0.2) is 46.9 Å². The second-order valence-corrected chi connectivity index (χ2v) is 7.69. The molecule has 0 saturated carbocycles. The summed E-state index contributed by atoms with van der Waals surface area (Å²) in [6.45, 7) is 3.97. The van der Waals surface area contributed by atoms with Gasteiger partial charge in [0.05, 0.1) is 26.9 Å². The molecule has 0 fully saturated rings. The number of fused-ring (bicyclic) bond motifs is 3. The van der Waals surface area contributed by atoms with E-state index in [4.69, 9.17) is 23.4 Å². The van der Waals surface area contributed by atoms with Crippen molar-refractivity contribution < 1.29 is 28.2 Å². The molecule has 0 radical (unpaired) electrons. The van der Waals surface area contributed by atoms with Crippen molar-refractivity contribution in [2.45, 2.75) is 19.4 Å². The molecular formula is C25H24O6. The van der Waals surface area contributed by atoms with E-state index in [1.807, 2.05) is 38.1 Å². The Balaban J connectivity index is 1.66. The Morgan fingerprint density at radius 3 is 2.39 bits per heavy atom. The predicted molar refractivity (Wildman–Crippen MR) is 119 cm³/mol. The van der Waals surface area contributed by atoms with E-state index in [1.165, 1.54) is 6.08 Å². The zero-order chi connectivity index (χ0) is 22.2. The van der Waals surface area contributed by atoms with Gasteiger partial charge in [-0.3, -0.25) is 4.79 Å². The lowest BCUT2D eigenvalue weighted by Gasteiger charge is -2.27. The highest BCUT2D eigenvalue weighted by atomic mass is 16.5. The predicted octanol–water partition coefficient (Wildman–Crippen LogP) is 5.54. The summed E-state index contributed by atoms with van der Waals surface area (Å²) in [5.41, 5.74) is 1.76. The number of ether oxygens (including phenoxy) is 4. The van der Waals surface area contributed by atoms with Crippen molar-refractivity contribution in [1.29, 1.82) is 0 Å². The molecule has 1 aliphatic rings. The summed E-state index contributed by atoms with van der Waals surface area (Å²) in [5, 5.41) is 0.840. The quantitative estimate of drug-likeness (QED) is 0.385. The van der Waals surface area contributed by atoms with Crippen molar-refractivity contribution in [1.82, 2.24) is 0 Å². The van der Waals surface area contributed by atoms with Gasteiger partial charge >= 0.3 is 0 Å². The van der Waals surface area contributed by atoms with E-state index in [0.717, 1.165) is 16.7 Å². The Hall–Kier alpha value is -3.67. The van der Waals surface area contributed by atoms with E-state index in [9.17, 15) is 4.79 Å². The average molecular weight is 420 g/mol. The number of hydrogen-bond acceptors (Lipinski definition) is 6. The van der Waals surface area contributed by atoms with Crippen molar-refractivity contribution in [3.63, 3.8) is 0 Å². The second-order valence-electron chi connectivity index (χ2n) is 7.69. The molecule has 160 valence electrons. The number of methoxy groups -OCH3 is 3. The van der Waals surface area contributed by atoms with Gasteiger partial charge in [0.15, 0.2) is 17.3 Å². The Bertz CT molecular complexity index is 1210. The van der Waals surface area contributed by atoms with E-state index >= 15 is 0 Å². The first-order valence-electron chi connectivity index (χ1n) is 9.82. The van der Waals surface area contributed by atoms with Crippen LogP contribution in [0.3, 0.4) is 0 Å². The van der Waals surface area contributed by atoms with Crippen molar-refractivity contribution >= 4 is 28.9 Å². The lowest BCUT2D eigenvalue weighted by atomic mass is 10.0. The number of benzene rings is 2. The smallest absolute Gasteiger partial charge is 0.221 e. The van der Waals surface area contributed by atoms with Crippen molar-refractivity contribution in [2.24, 2.45) is 0 Å². The molecule has 6 heteroatoms. The molecule has 0 amide bonds. The summed E-state index contributed by atoms with van der Waals surface area (Å²) in [6, 6.07) is 8.99. The van der Waals surface area contributed by atoms with Crippen LogP contribution < -0.4 is 18.9 Å². The first-order chi connectivity index (χ1) is 14.8. The molecule has 2 heterocycles. The molecule has 0 bridgehead atoms. The molecule has 6 nitrogen and oxygen atoms in total. The molecule has 31 heavy (non-hydrogen) atoms. The highest BCUT2D eigenvalue weighted by molar-refractivity contribution is 6.07. The first-order valence-corrected chi connectivity index (χ1v) is 9.82. The zero-order valence-electron chi connectivity index (χ0n) is 18.1. The number of furan rings is 1. The standard InChI is InChI=1S/C25H24O6/c1-25(2)11-10-17-19(31-25)9-7-16-13-21(30-24(16)17)18(26)8-6-15-12-22(28-4)23(29-5)14-20(15)27-3/h6-14H,1-5H3/b8-6+. The number of rotatable bonds is 6. The lowest BCUT2D eigenvalue weighted by Crippen LogP contribution is -2.27. The van der Waals surface area contributed by atoms with Crippen molar-refractivity contribution in [2.75, 3.05) is 21.3 Å². The molecule has 0 atom stereocenters. The highest BCUT2D eigenvalue weighted by Crippen LogP contribution is 2.38. The van der Waals surface area contributed by atoms with Gasteiger partial charge < -0.3 is 23.4 Å². The van der Waals surface area contributed by atoms with Crippen molar-refractivity contribution in [3.05, 3.63) is 59.4 Å². The van der Waals surface area contributed by atoms with E-state index < -0.39 is 0 Å². The SMILES string of the molecule is COc1cc(OC)c(OC)cc1/C=C/C(=O)c1cc2ccc3c(c2o1)C=CC(C)(C)O3. The van der Waals surface area contributed by atoms with Gasteiger partial charge in [0.2, 0.25) is 5.78 Å². The third kappa shape index (κ3) is 3.89. The van der Waals surface area contributed by atoms with Gasteiger partial charge in [-0.2, -0.15) is 0 Å². The molecule has 0 aliphatic carbocycles. The Morgan fingerprint density at radius 1 is 0.968 bits per heavy atom. The summed E-state index contributed by atoms with van der Waals surface area (Å²) in [5.74, 6) is 2.37. The van der Waals surface area contributed by atoms with Crippen LogP contribution in [-0.4, -0.2) is 32.7 Å². The highest BCUT2D eigenvalue weighted by Gasteiger charge is 2.24. The van der Waals surface area contributed by atoms with Crippen LogP contribution in [0, 0.1) is 0 Å². The monoisotopic (exact) mass is 420 g/mol. The fourth-order valence-electron chi connectivity index (χ4n) is 3.51. The minimum absolute atomic E-state index is 0.248. The maximum atomic E-state index is 12.8. The molecule has 2 aromatic carbocycles.